The van der Waals surface area contributed by atoms with Crippen molar-refractivity contribution < 1.29 is 0 Å². The van der Waals surface area contributed by atoms with E-state index in [-0.39, 0.29) is 11.5 Å². The highest BCUT2D eigenvalue weighted by atomic mass is 16.1. The van der Waals surface area contributed by atoms with E-state index in [2.05, 4.69) is 55.8 Å². The van der Waals surface area contributed by atoms with Crippen LogP contribution in [0.1, 0.15) is 17.7 Å². The fourth-order valence-electron chi connectivity index (χ4n) is 3.76. The summed E-state index contributed by atoms with van der Waals surface area (Å²) >= 11 is 0. The second-order valence-electron chi connectivity index (χ2n) is 7.09. The molecule has 0 bridgehead atoms. The quantitative estimate of drug-likeness (QED) is 0.718. The summed E-state index contributed by atoms with van der Waals surface area (Å²) in [6.45, 7) is 4.45. The lowest BCUT2D eigenvalue weighted by Crippen LogP contribution is -2.35. The summed E-state index contributed by atoms with van der Waals surface area (Å²) in [4.78, 5) is 31.8. The third-order valence-electron chi connectivity index (χ3n) is 5.16. The van der Waals surface area contributed by atoms with E-state index in [1.807, 2.05) is 6.07 Å². The molecular weight excluding hydrogens is 342 g/mol. The third kappa shape index (κ3) is 3.48. The first-order chi connectivity index (χ1) is 13.0. The fourth-order valence-corrected chi connectivity index (χ4v) is 3.76. The first-order valence-corrected chi connectivity index (χ1v) is 9.02. The molecule has 27 heavy (non-hydrogen) atoms. The Bertz CT molecular complexity index is 1030. The predicted molar refractivity (Wildman–Crippen MR) is 106 cm³/mol. The van der Waals surface area contributed by atoms with Crippen LogP contribution in [0.25, 0.3) is 10.9 Å². The number of hydrogen-bond donors (Lipinski definition) is 2. The lowest BCUT2D eigenvalue weighted by atomic mass is 10.1. The molecular formula is C19H23N7O. The monoisotopic (exact) mass is 365 g/mol. The van der Waals surface area contributed by atoms with Crippen molar-refractivity contribution in [1.82, 2.24) is 24.8 Å². The summed E-state index contributed by atoms with van der Waals surface area (Å²) in [7, 11) is 2.05. The molecule has 1 saturated heterocycles. The number of aromatic amines is 1. The summed E-state index contributed by atoms with van der Waals surface area (Å²) in [5.41, 5.74) is 8.26. The summed E-state index contributed by atoms with van der Waals surface area (Å²) in [6, 6.07) is 8.05. The lowest BCUT2D eigenvalue weighted by Gasteiger charge is -2.25. The van der Waals surface area contributed by atoms with Crippen LogP contribution in [0, 0.1) is 6.92 Å². The van der Waals surface area contributed by atoms with Crippen LogP contribution in [0.4, 0.5) is 11.8 Å². The number of benzene rings is 1. The average molecular weight is 365 g/mol. The first-order valence-electron chi connectivity index (χ1n) is 9.02. The molecule has 3 heterocycles. The molecule has 4 rings (SSSR count). The number of likely N-dealkylation sites (N-methyl/N-ethyl adjacent to an activating group) is 1. The van der Waals surface area contributed by atoms with E-state index in [1.54, 1.807) is 6.33 Å². The maximum absolute atomic E-state index is 11.6. The molecule has 0 amide bonds. The minimum absolute atomic E-state index is 0.154. The van der Waals surface area contributed by atoms with E-state index in [0.29, 0.717) is 18.3 Å². The smallest absolute Gasteiger partial charge is 0.252 e. The molecule has 1 fully saturated rings. The molecule has 8 heteroatoms. The zero-order valence-electron chi connectivity index (χ0n) is 15.5. The second-order valence-corrected chi connectivity index (χ2v) is 7.09. The highest BCUT2D eigenvalue weighted by Crippen LogP contribution is 2.28. The van der Waals surface area contributed by atoms with Crippen LogP contribution in [-0.2, 0) is 6.54 Å². The summed E-state index contributed by atoms with van der Waals surface area (Å²) < 4.78 is 0. The molecule has 0 unspecified atom stereocenters. The van der Waals surface area contributed by atoms with Gasteiger partial charge in [0.25, 0.3) is 5.56 Å². The lowest BCUT2D eigenvalue weighted by molar-refractivity contribution is 0.247. The number of aromatic nitrogens is 4. The van der Waals surface area contributed by atoms with Gasteiger partial charge in [0.1, 0.15) is 12.1 Å². The van der Waals surface area contributed by atoms with E-state index in [0.717, 1.165) is 41.8 Å². The fraction of sp³-hybridized carbons (Fsp3) is 0.368. The van der Waals surface area contributed by atoms with Gasteiger partial charge in [-0.1, -0.05) is 12.1 Å². The molecule has 3 N–H and O–H groups in total. The topological polar surface area (TPSA) is 104 Å². The summed E-state index contributed by atoms with van der Waals surface area (Å²) in [5, 5.41) is 1.09. The molecule has 0 spiro atoms. The molecule has 1 aliphatic rings. The van der Waals surface area contributed by atoms with Crippen molar-refractivity contribution in [3.05, 3.63) is 52.2 Å². The van der Waals surface area contributed by atoms with Gasteiger partial charge in [0, 0.05) is 37.1 Å². The van der Waals surface area contributed by atoms with Crippen LogP contribution in [0.2, 0.25) is 0 Å². The number of aryl methyl sites for hydroxylation is 1. The largest absolute Gasteiger partial charge is 0.369 e. The van der Waals surface area contributed by atoms with Gasteiger partial charge < -0.3 is 10.6 Å². The number of rotatable bonds is 4. The van der Waals surface area contributed by atoms with Gasteiger partial charge in [-0.05, 0) is 32.0 Å². The number of nitrogen functional groups attached to an aromatic ring is 1. The van der Waals surface area contributed by atoms with Crippen molar-refractivity contribution in [1.29, 1.82) is 0 Å². The molecule has 0 aliphatic carbocycles. The summed E-state index contributed by atoms with van der Waals surface area (Å²) in [5.74, 6) is 1.14. The molecule has 140 valence electrons. The zero-order chi connectivity index (χ0) is 19.0. The number of para-hydroxylation sites is 1. The maximum Gasteiger partial charge on any atom is 0.252 e. The van der Waals surface area contributed by atoms with E-state index in [9.17, 15) is 4.79 Å². The molecule has 0 radical (unpaired) electrons. The zero-order valence-corrected chi connectivity index (χ0v) is 15.5. The molecule has 3 aromatic rings. The number of fused-ring (bicyclic) bond motifs is 1. The highest BCUT2D eigenvalue weighted by Gasteiger charge is 2.28. The van der Waals surface area contributed by atoms with Gasteiger partial charge in [-0.25, -0.2) is 15.0 Å². The number of nitrogens with two attached hydrogens (primary N) is 1. The second kappa shape index (κ2) is 6.96. The van der Waals surface area contributed by atoms with Crippen molar-refractivity contribution in [2.24, 2.45) is 0 Å². The standard InChI is InChI=1S/C19H23N7O/c1-12-4-3-5-15-17(12)21-11-22-18(15)26-7-6-14(10-26)25(2)9-13-8-16(27)24-19(20)23-13/h3-5,8,11,14H,6-7,9-10H2,1-2H3,(H3,20,23,24,27)/t14-/m1/s1. The van der Waals surface area contributed by atoms with Crippen molar-refractivity contribution >= 4 is 22.7 Å². The molecule has 2 aromatic heterocycles. The van der Waals surface area contributed by atoms with E-state index < -0.39 is 0 Å². The van der Waals surface area contributed by atoms with Crippen LogP contribution in [0.15, 0.2) is 35.4 Å². The minimum atomic E-state index is -0.221. The van der Waals surface area contributed by atoms with Gasteiger partial charge in [-0.2, -0.15) is 0 Å². The van der Waals surface area contributed by atoms with E-state index in [4.69, 9.17) is 5.73 Å². The van der Waals surface area contributed by atoms with Crippen molar-refractivity contribution in [2.75, 3.05) is 30.8 Å². The predicted octanol–water partition coefficient (Wildman–Crippen LogP) is 1.31. The Kier molecular flexibility index (Phi) is 4.49. The van der Waals surface area contributed by atoms with Gasteiger partial charge in [-0.3, -0.25) is 14.7 Å². The Morgan fingerprint density at radius 2 is 2.22 bits per heavy atom. The Hall–Kier alpha value is -3.00. The maximum atomic E-state index is 11.6. The Balaban J connectivity index is 1.52. The summed E-state index contributed by atoms with van der Waals surface area (Å²) in [6.07, 6.45) is 2.66. The Morgan fingerprint density at radius 3 is 3.04 bits per heavy atom. The van der Waals surface area contributed by atoms with Crippen LogP contribution in [-0.4, -0.2) is 51.0 Å². The van der Waals surface area contributed by atoms with Crippen LogP contribution in [0.5, 0.6) is 0 Å². The molecule has 0 saturated carbocycles. The van der Waals surface area contributed by atoms with Crippen molar-refractivity contribution in [2.45, 2.75) is 25.9 Å². The van der Waals surface area contributed by atoms with E-state index >= 15 is 0 Å². The molecule has 1 atom stereocenters. The first kappa shape index (κ1) is 17.4. The molecule has 8 nitrogen and oxygen atoms in total. The molecule has 1 aliphatic heterocycles. The SMILES string of the molecule is Cc1cccc2c(N3CC[C@@H](N(C)Cc4cc(=O)[nH]c(N)n4)C3)ncnc12. The van der Waals surface area contributed by atoms with Gasteiger partial charge in [0.05, 0.1) is 11.2 Å². The van der Waals surface area contributed by atoms with Gasteiger partial charge >= 0.3 is 0 Å². The Morgan fingerprint density at radius 1 is 1.37 bits per heavy atom. The van der Waals surface area contributed by atoms with Gasteiger partial charge in [0.15, 0.2) is 0 Å². The molecule has 1 aromatic carbocycles. The average Bonchev–Trinajstić information content (AvgIpc) is 3.11. The number of H-pyrrole nitrogens is 1. The number of nitrogens with zero attached hydrogens (tertiary/aromatic N) is 5. The normalized spacial score (nSPS) is 17.1. The van der Waals surface area contributed by atoms with Gasteiger partial charge in [0.2, 0.25) is 5.95 Å². The van der Waals surface area contributed by atoms with Gasteiger partial charge in [-0.15, -0.1) is 0 Å². The number of anilines is 2. The highest BCUT2D eigenvalue weighted by molar-refractivity contribution is 5.91. The van der Waals surface area contributed by atoms with Crippen molar-refractivity contribution in [3.8, 4) is 0 Å². The third-order valence-corrected chi connectivity index (χ3v) is 5.16. The van der Waals surface area contributed by atoms with Crippen LogP contribution < -0.4 is 16.2 Å². The number of nitrogens with one attached hydrogen (secondary N) is 1. The van der Waals surface area contributed by atoms with E-state index in [1.165, 1.54) is 6.07 Å². The Labute approximate surface area is 157 Å². The van der Waals surface area contributed by atoms with Crippen LogP contribution >= 0.6 is 0 Å². The number of hydrogen-bond acceptors (Lipinski definition) is 7. The van der Waals surface area contributed by atoms with Crippen molar-refractivity contribution in [3.63, 3.8) is 0 Å². The van der Waals surface area contributed by atoms with Crippen LogP contribution in [0.3, 0.4) is 0 Å². The minimum Gasteiger partial charge on any atom is -0.369 e.